The van der Waals surface area contributed by atoms with E-state index in [0.29, 0.717) is 16.4 Å². The van der Waals surface area contributed by atoms with Gasteiger partial charge < -0.3 is 9.30 Å². The molecule has 2 heterocycles. The quantitative estimate of drug-likeness (QED) is 0.550. The lowest BCUT2D eigenvalue weighted by Gasteiger charge is -2.00. The normalized spacial score (nSPS) is 10.6. The Morgan fingerprint density at radius 3 is 2.93 bits per heavy atom. The smallest absolute Gasteiger partial charge is 0.354 e. The first-order valence-corrected chi connectivity index (χ1v) is 4.71. The molecule has 2 aromatic heterocycles. The summed E-state index contributed by atoms with van der Waals surface area (Å²) in [5.74, 6) is -0.383. The Balaban J connectivity index is 2.69. The van der Waals surface area contributed by atoms with Gasteiger partial charge in [-0.3, -0.25) is 0 Å². The van der Waals surface area contributed by atoms with E-state index in [1.54, 1.807) is 23.7 Å². The number of hydrogen-bond acceptors (Lipinski definition) is 3. The molecule has 0 saturated heterocycles. The van der Waals surface area contributed by atoms with Crippen molar-refractivity contribution in [1.29, 1.82) is 0 Å². The zero-order valence-electron chi connectivity index (χ0n) is 8.32. The molecule has 5 heteroatoms. The molecule has 2 rings (SSSR count). The standard InChI is InChI=1S/C10H9ClN2O2/c1-13-7-3-4-9(11)12-6(7)5-8(13)10(14)15-2/h3-5H,1-2H3. The van der Waals surface area contributed by atoms with Crippen LogP contribution in [0.2, 0.25) is 5.15 Å². The Hall–Kier alpha value is -1.55. The van der Waals surface area contributed by atoms with Crippen molar-refractivity contribution in [3.05, 3.63) is 29.0 Å². The lowest BCUT2D eigenvalue weighted by Crippen LogP contribution is -2.06. The van der Waals surface area contributed by atoms with E-state index in [2.05, 4.69) is 9.72 Å². The van der Waals surface area contributed by atoms with Crippen LogP contribution in [-0.2, 0) is 11.8 Å². The van der Waals surface area contributed by atoms with Crippen molar-refractivity contribution in [2.75, 3.05) is 7.11 Å². The maximum absolute atomic E-state index is 11.4. The van der Waals surface area contributed by atoms with Crippen molar-refractivity contribution in [3.63, 3.8) is 0 Å². The second-order valence-corrected chi connectivity index (χ2v) is 3.51. The molecule has 0 bridgehead atoms. The van der Waals surface area contributed by atoms with Crippen LogP contribution in [-0.4, -0.2) is 22.6 Å². The van der Waals surface area contributed by atoms with E-state index < -0.39 is 0 Å². The van der Waals surface area contributed by atoms with E-state index >= 15 is 0 Å². The fourth-order valence-corrected chi connectivity index (χ4v) is 1.64. The molecular weight excluding hydrogens is 216 g/mol. The van der Waals surface area contributed by atoms with Gasteiger partial charge in [0.2, 0.25) is 0 Å². The van der Waals surface area contributed by atoms with Gasteiger partial charge in [-0.05, 0) is 18.2 Å². The summed E-state index contributed by atoms with van der Waals surface area (Å²) in [5.41, 5.74) is 1.99. The Kier molecular flexibility index (Phi) is 2.36. The number of esters is 1. The van der Waals surface area contributed by atoms with Crippen LogP contribution >= 0.6 is 11.6 Å². The highest BCUT2D eigenvalue weighted by atomic mass is 35.5. The number of hydrogen-bond donors (Lipinski definition) is 0. The molecule has 0 atom stereocenters. The number of fused-ring (bicyclic) bond motifs is 1. The van der Waals surface area contributed by atoms with Gasteiger partial charge in [-0.15, -0.1) is 0 Å². The van der Waals surface area contributed by atoms with Gasteiger partial charge in [0.05, 0.1) is 18.1 Å². The van der Waals surface area contributed by atoms with Gasteiger partial charge in [-0.2, -0.15) is 0 Å². The summed E-state index contributed by atoms with van der Waals surface area (Å²) in [6, 6.07) is 5.16. The maximum Gasteiger partial charge on any atom is 0.354 e. The van der Waals surface area contributed by atoms with Gasteiger partial charge >= 0.3 is 5.97 Å². The summed E-state index contributed by atoms with van der Waals surface area (Å²) in [6.45, 7) is 0. The summed E-state index contributed by atoms with van der Waals surface area (Å²) in [7, 11) is 3.13. The predicted molar refractivity (Wildman–Crippen MR) is 57.1 cm³/mol. The topological polar surface area (TPSA) is 44.1 Å². The summed E-state index contributed by atoms with van der Waals surface area (Å²) < 4.78 is 6.38. The largest absolute Gasteiger partial charge is 0.464 e. The molecule has 0 aliphatic rings. The Morgan fingerprint density at radius 1 is 1.53 bits per heavy atom. The molecule has 4 nitrogen and oxygen atoms in total. The fraction of sp³-hybridized carbons (Fsp3) is 0.200. The van der Waals surface area contributed by atoms with E-state index in [-0.39, 0.29) is 5.97 Å². The van der Waals surface area contributed by atoms with E-state index in [0.717, 1.165) is 5.52 Å². The molecule has 0 saturated carbocycles. The lowest BCUT2D eigenvalue weighted by atomic mass is 10.4. The average molecular weight is 225 g/mol. The fourth-order valence-electron chi connectivity index (χ4n) is 1.49. The highest BCUT2D eigenvalue weighted by molar-refractivity contribution is 6.29. The SMILES string of the molecule is COC(=O)c1cc2nc(Cl)ccc2n1C. The van der Waals surface area contributed by atoms with Gasteiger partial charge in [-0.25, -0.2) is 9.78 Å². The minimum Gasteiger partial charge on any atom is -0.464 e. The average Bonchev–Trinajstić information content (AvgIpc) is 2.54. The molecule has 2 aromatic rings. The number of aryl methyl sites for hydroxylation is 1. The Bertz CT molecular complexity index is 533. The molecule has 15 heavy (non-hydrogen) atoms. The minimum atomic E-state index is -0.383. The number of nitrogens with zero attached hydrogens (tertiary/aromatic N) is 2. The molecular formula is C10H9ClN2O2. The minimum absolute atomic E-state index is 0.383. The zero-order chi connectivity index (χ0) is 11.0. The molecule has 78 valence electrons. The van der Waals surface area contributed by atoms with Crippen LogP contribution in [0.1, 0.15) is 10.5 Å². The van der Waals surface area contributed by atoms with Crippen LogP contribution in [0.15, 0.2) is 18.2 Å². The number of aromatic nitrogens is 2. The van der Waals surface area contributed by atoms with E-state index in [4.69, 9.17) is 11.6 Å². The first-order chi connectivity index (χ1) is 7.13. The van der Waals surface area contributed by atoms with E-state index in [1.165, 1.54) is 7.11 Å². The third-order valence-corrected chi connectivity index (χ3v) is 2.47. The molecule has 0 aliphatic heterocycles. The third kappa shape index (κ3) is 1.57. The molecule has 0 N–H and O–H groups in total. The Labute approximate surface area is 91.4 Å². The molecule has 0 fully saturated rings. The predicted octanol–water partition coefficient (Wildman–Crippen LogP) is 2.01. The number of pyridine rings is 1. The van der Waals surface area contributed by atoms with Crippen LogP contribution in [0.3, 0.4) is 0 Å². The highest BCUT2D eigenvalue weighted by Gasteiger charge is 2.14. The van der Waals surface area contributed by atoms with Crippen molar-refractivity contribution in [1.82, 2.24) is 9.55 Å². The molecule has 0 aliphatic carbocycles. The molecule has 0 radical (unpaired) electrons. The van der Waals surface area contributed by atoms with Crippen molar-refractivity contribution >= 4 is 28.6 Å². The van der Waals surface area contributed by atoms with E-state index in [9.17, 15) is 4.79 Å². The summed E-state index contributed by atoms with van der Waals surface area (Å²) in [6.07, 6.45) is 0. The summed E-state index contributed by atoms with van der Waals surface area (Å²) in [4.78, 5) is 15.5. The summed E-state index contributed by atoms with van der Waals surface area (Å²) >= 11 is 5.76. The van der Waals surface area contributed by atoms with Crippen LogP contribution in [0.4, 0.5) is 0 Å². The first-order valence-electron chi connectivity index (χ1n) is 4.34. The number of halogens is 1. The number of carbonyl (C=O) groups excluding carboxylic acids is 1. The first kappa shape index (κ1) is 9.98. The van der Waals surface area contributed by atoms with Gasteiger partial charge in [0, 0.05) is 7.05 Å². The second kappa shape index (κ2) is 3.55. The Morgan fingerprint density at radius 2 is 2.27 bits per heavy atom. The number of ether oxygens (including phenoxy) is 1. The van der Waals surface area contributed by atoms with Crippen molar-refractivity contribution in [3.8, 4) is 0 Å². The van der Waals surface area contributed by atoms with Crippen molar-refractivity contribution in [2.24, 2.45) is 7.05 Å². The van der Waals surface area contributed by atoms with Gasteiger partial charge in [0.15, 0.2) is 0 Å². The lowest BCUT2D eigenvalue weighted by molar-refractivity contribution is 0.0590. The molecule has 0 amide bonds. The summed E-state index contributed by atoms with van der Waals surface area (Å²) in [5, 5.41) is 0.407. The maximum atomic E-state index is 11.4. The molecule has 0 aromatic carbocycles. The van der Waals surface area contributed by atoms with Crippen molar-refractivity contribution in [2.45, 2.75) is 0 Å². The van der Waals surface area contributed by atoms with Crippen LogP contribution in [0.25, 0.3) is 11.0 Å². The monoisotopic (exact) mass is 224 g/mol. The van der Waals surface area contributed by atoms with Gasteiger partial charge in [0.1, 0.15) is 10.8 Å². The third-order valence-electron chi connectivity index (χ3n) is 2.26. The number of rotatable bonds is 1. The van der Waals surface area contributed by atoms with Crippen LogP contribution in [0, 0.1) is 0 Å². The van der Waals surface area contributed by atoms with Gasteiger partial charge in [0.25, 0.3) is 0 Å². The highest BCUT2D eigenvalue weighted by Crippen LogP contribution is 2.19. The molecule has 0 unspecified atom stereocenters. The second-order valence-electron chi connectivity index (χ2n) is 3.12. The zero-order valence-corrected chi connectivity index (χ0v) is 9.08. The van der Waals surface area contributed by atoms with Gasteiger partial charge in [-0.1, -0.05) is 11.6 Å². The van der Waals surface area contributed by atoms with E-state index in [1.807, 2.05) is 6.07 Å². The van der Waals surface area contributed by atoms with Crippen LogP contribution < -0.4 is 0 Å². The van der Waals surface area contributed by atoms with Crippen LogP contribution in [0.5, 0.6) is 0 Å². The number of carbonyl (C=O) groups is 1. The molecule has 0 spiro atoms. The van der Waals surface area contributed by atoms with Crippen molar-refractivity contribution < 1.29 is 9.53 Å². The number of methoxy groups -OCH3 is 1.